The molecule has 1 atom stereocenters. The van der Waals surface area contributed by atoms with Gasteiger partial charge in [-0.3, -0.25) is 0 Å². The number of hydrogen-bond donors (Lipinski definition) is 2. The minimum absolute atomic E-state index is 0.0893. The first kappa shape index (κ1) is 8.22. The molecule has 0 aliphatic carbocycles. The Hall–Kier alpha value is -1.39. The third-order valence-electron chi connectivity index (χ3n) is 2.00. The first-order chi connectivity index (χ1) is 6.33. The molecule has 0 aliphatic heterocycles. The van der Waals surface area contributed by atoms with E-state index in [-0.39, 0.29) is 6.61 Å². The van der Waals surface area contributed by atoms with Crippen LogP contribution in [0.1, 0.15) is 11.9 Å². The average Bonchev–Trinajstić information content (AvgIpc) is 2.60. The number of aliphatic hydroxyl groups is 1. The summed E-state index contributed by atoms with van der Waals surface area (Å²) >= 11 is 0. The molecule has 2 aromatic heterocycles. The van der Waals surface area contributed by atoms with Gasteiger partial charge in [0.25, 0.3) is 0 Å². The molecule has 0 spiro atoms. The molecule has 3 N–H and O–H groups in total. The Kier molecular flexibility index (Phi) is 2.00. The zero-order valence-electron chi connectivity index (χ0n) is 7.09. The minimum Gasteiger partial charge on any atom is -0.394 e. The predicted octanol–water partition coefficient (Wildman–Crippen LogP) is 0.326. The quantitative estimate of drug-likeness (QED) is 0.694. The van der Waals surface area contributed by atoms with Crippen LogP contribution in [-0.2, 0) is 0 Å². The monoisotopic (exact) mass is 177 g/mol. The van der Waals surface area contributed by atoms with Crippen molar-refractivity contribution >= 4 is 5.52 Å². The molecule has 4 heteroatoms. The summed E-state index contributed by atoms with van der Waals surface area (Å²) in [6, 6.07) is 5.37. The van der Waals surface area contributed by atoms with Crippen LogP contribution in [0, 0.1) is 0 Å². The molecule has 0 amide bonds. The van der Waals surface area contributed by atoms with Gasteiger partial charge in [0.15, 0.2) is 0 Å². The molecule has 13 heavy (non-hydrogen) atoms. The summed E-state index contributed by atoms with van der Waals surface area (Å²) in [6.07, 6.45) is 3.62. The van der Waals surface area contributed by atoms with Crippen LogP contribution < -0.4 is 5.73 Å². The Morgan fingerprint density at radius 1 is 1.54 bits per heavy atom. The van der Waals surface area contributed by atoms with Gasteiger partial charge in [0.1, 0.15) is 5.82 Å². The Bertz CT molecular complexity index is 410. The van der Waals surface area contributed by atoms with Crippen LogP contribution >= 0.6 is 0 Å². The van der Waals surface area contributed by atoms with Crippen LogP contribution in [0.15, 0.2) is 30.6 Å². The Balaban J connectivity index is 2.57. The van der Waals surface area contributed by atoms with Crippen molar-refractivity contribution in [1.29, 1.82) is 0 Å². The van der Waals surface area contributed by atoms with E-state index in [0.717, 1.165) is 5.52 Å². The molecule has 2 rings (SSSR count). The van der Waals surface area contributed by atoms with E-state index in [1.807, 2.05) is 28.8 Å². The Morgan fingerprint density at radius 2 is 2.38 bits per heavy atom. The molecule has 0 fully saturated rings. The lowest BCUT2D eigenvalue weighted by molar-refractivity contribution is 0.263. The number of nitrogens with two attached hydrogens (primary N) is 1. The number of aromatic nitrogens is 2. The largest absolute Gasteiger partial charge is 0.394 e. The summed E-state index contributed by atoms with van der Waals surface area (Å²) < 4.78 is 1.88. The third-order valence-corrected chi connectivity index (χ3v) is 2.00. The van der Waals surface area contributed by atoms with Crippen molar-refractivity contribution in [2.45, 2.75) is 6.04 Å². The van der Waals surface area contributed by atoms with Gasteiger partial charge in [0, 0.05) is 6.20 Å². The molecule has 0 aliphatic rings. The minimum atomic E-state index is -0.412. The zero-order chi connectivity index (χ0) is 9.26. The maximum Gasteiger partial charge on any atom is 0.132 e. The summed E-state index contributed by atoms with van der Waals surface area (Å²) in [6.45, 7) is -0.0893. The van der Waals surface area contributed by atoms with E-state index in [4.69, 9.17) is 10.8 Å². The van der Waals surface area contributed by atoms with Crippen LogP contribution in [0.5, 0.6) is 0 Å². The second-order valence-corrected chi connectivity index (χ2v) is 2.90. The molecule has 1 unspecified atom stereocenters. The molecule has 2 aromatic rings. The van der Waals surface area contributed by atoms with Crippen LogP contribution in [-0.4, -0.2) is 21.1 Å². The van der Waals surface area contributed by atoms with Crippen molar-refractivity contribution in [2.24, 2.45) is 5.73 Å². The molecule has 0 aromatic carbocycles. The number of nitrogens with zero attached hydrogens (tertiary/aromatic N) is 2. The molecule has 68 valence electrons. The smallest absolute Gasteiger partial charge is 0.132 e. The van der Waals surface area contributed by atoms with Crippen LogP contribution in [0.3, 0.4) is 0 Å². The first-order valence-electron chi connectivity index (χ1n) is 4.11. The second kappa shape index (κ2) is 3.16. The van der Waals surface area contributed by atoms with E-state index in [0.29, 0.717) is 5.82 Å². The molecule has 0 bridgehead atoms. The molecule has 2 heterocycles. The highest BCUT2D eigenvalue weighted by molar-refractivity contribution is 5.45. The zero-order valence-corrected chi connectivity index (χ0v) is 7.09. The van der Waals surface area contributed by atoms with Gasteiger partial charge in [0.05, 0.1) is 24.4 Å². The lowest BCUT2D eigenvalue weighted by Crippen LogP contribution is -2.17. The number of fused-ring (bicyclic) bond motifs is 1. The highest BCUT2D eigenvalue weighted by Gasteiger charge is 2.09. The van der Waals surface area contributed by atoms with Crippen molar-refractivity contribution in [3.8, 4) is 0 Å². The standard InChI is InChI=1S/C9H11N3O/c10-8(6-13)9-11-5-7-3-1-2-4-12(7)9/h1-5,8,13H,6,10H2. The SMILES string of the molecule is NC(CO)c1ncc2ccccn12. The van der Waals surface area contributed by atoms with Crippen molar-refractivity contribution in [1.82, 2.24) is 9.38 Å². The third kappa shape index (κ3) is 1.30. The van der Waals surface area contributed by atoms with Gasteiger partial charge in [-0.2, -0.15) is 0 Å². The van der Waals surface area contributed by atoms with E-state index in [1.54, 1.807) is 6.20 Å². The Labute approximate surface area is 75.6 Å². The summed E-state index contributed by atoms with van der Waals surface area (Å²) in [5, 5.41) is 8.89. The fourth-order valence-electron chi connectivity index (χ4n) is 1.32. The average molecular weight is 177 g/mol. The van der Waals surface area contributed by atoms with E-state index >= 15 is 0 Å². The molecular weight excluding hydrogens is 166 g/mol. The fourth-order valence-corrected chi connectivity index (χ4v) is 1.32. The van der Waals surface area contributed by atoms with E-state index < -0.39 is 6.04 Å². The topological polar surface area (TPSA) is 63.5 Å². The van der Waals surface area contributed by atoms with Gasteiger partial charge in [-0.1, -0.05) is 6.07 Å². The normalized spacial score (nSPS) is 13.4. The van der Waals surface area contributed by atoms with E-state index in [2.05, 4.69) is 4.98 Å². The number of hydrogen-bond acceptors (Lipinski definition) is 3. The summed E-state index contributed by atoms with van der Waals surface area (Å²) in [7, 11) is 0. The highest BCUT2D eigenvalue weighted by Crippen LogP contribution is 2.11. The van der Waals surface area contributed by atoms with Gasteiger partial charge in [-0.05, 0) is 12.1 Å². The van der Waals surface area contributed by atoms with Gasteiger partial charge in [-0.25, -0.2) is 4.98 Å². The molecule has 0 saturated carbocycles. The van der Waals surface area contributed by atoms with E-state index in [9.17, 15) is 0 Å². The van der Waals surface area contributed by atoms with Crippen molar-refractivity contribution in [3.05, 3.63) is 36.4 Å². The first-order valence-corrected chi connectivity index (χ1v) is 4.11. The molecule has 0 radical (unpaired) electrons. The number of aliphatic hydroxyl groups excluding tert-OH is 1. The van der Waals surface area contributed by atoms with Crippen LogP contribution in [0.25, 0.3) is 5.52 Å². The van der Waals surface area contributed by atoms with Crippen LogP contribution in [0.2, 0.25) is 0 Å². The number of rotatable bonds is 2. The molecule has 4 nitrogen and oxygen atoms in total. The highest BCUT2D eigenvalue weighted by atomic mass is 16.3. The van der Waals surface area contributed by atoms with Gasteiger partial charge in [0.2, 0.25) is 0 Å². The van der Waals surface area contributed by atoms with Crippen molar-refractivity contribution < 1.29 is 5.11 Å². The lowest BCUT2D eigenvalue weighted by atomic mass is 10.3. The van der Waals surface area contributed by atoms with Crippen LogP contribution in [0.4, 0.5) is 0 Å². The number of imidazole rings is 1. The van der Waals surface area contributed by atoms with Gasteiger partial charge < -0.3 is 15.2 Å². The van der Waals surface area contributed by atoms with Gasteiger partial charge in [-0.15, -0.1) is 0 Å². The Morgan fingerprint density at radius 3 is 3.15 bits per heavy atom. The fraction of sp³-hybridized carbons (Fsp3) is 0.222. The number of pyridine rings is 1. The summed E-state index contributed by atoms with van der Waals surface area (Å²) in [4.78, 5) is 4.14. The van der Waals surface area contributed by atoms with Crippen molar-refractivity contribution in [3.63, 3.8) is 0 Å². The summed E-state index contributed by atoms with van der Waals surface area (Å²) in [5.41, 5.74) is 6.66. The maximum absolute atomic E-state index is 8.89. The summed E-state index contributed by atoms with van der Waals surface area (Å²) in [5.74, 6) is 0.693. The molecule has 0 saturated heterocycles. The van der Waals surface area contributed by atoms with Gasteiger partial charge >= 0.3 is 0 Å². The molecular formula is C9H11N3O. The maximum atomic E-state index is 8.89. The second-order valence-electron chi connectivity index (χ2n) is 2.90. The van der Waals surface area contributed by atoms with E-state index in [1.165, 1.54) is 0 Å². The predicted molar refractivity (Wildman–Crippen MR) is 49.2 cm³/mol. The lowest BCUT2D eigenvalue weighted by Gasteiger charge is -2.06. The van der Waals surface area contributed by atoms with Crippen molar-refractivity contribution in [2.75, 3.05) is 6.61 Å².